The van der Waals surface area contributed by atoms with Crippen LogP contribution in [0, 0.1) is 5.92 Å². The van der Waals surface area contributed by atoms with Crippen molar-refractivity contribution in [3.63, 3.8) is 0 Å². The first-order chi connectivity index (χ1) is 16.5. The Bertz CT molecular complexity index is 967. The molecule has 4 rings (SSSR count). The Morgan fingerprint density at radius 2 is 1.74 bits per heavy atom. The maximum Gasteiger partial charge on any atom is 0.227 e. The molecular weight excluding hydrogens is 426 g/mol. The zero-order valence-corrected chi connectivity index (χ0v) is 20.5. The van der Waals surface area contributed by atoms with Crippen LogP contribution in [0.3, 0.4) is 0 Å². The number of pyridine rings is 1. The van der Waals surface area contributed by atoms with Gasteiger partial charge in [-0.3, -0.25) is 19.5 Å². The number of nitrogens with zero attached hydrogens (tertiary/aromatic N) is 5. The SMILES string of the molecule is CC(=O)N1CCCN(Cc2ccccn2)CCCN(C(=O)C2CCN(C)C2)Cc2ccccc21. The lowest BCUT2D eigenvalue weighted by molar-refractivity contribution is -0.135. The van der Waals surface area contributed by atoms with Crippen LogP contribution >= 0.6 is 0 Å². The average Bonchev–Trinajstić information content (AvgIpc) is 3.27. The predicted molar refractivity (Wildman–Crippen MR) is 134 cm³/mol. The van der Waals surface area contributed by atoms with Crippen LogP contribution in [-0.2, 0) is 22.7 Å². The van der Waals surface area contributed by atoms with E-state index in [2.05, 4.69) is 34.0 Å². The number of carbonyl (C=O) groups is 2. The maximum atomic E-state index is 13.6. The highest BCUT2D eigenvalue weighted by molar-refractivity contribution is 5.92. The largest absolute Gasteiger partial charge is 0.338 e. The van der Waals surface area contributed by atoms with Gasteiger partial charge in [0.2, 0.25) is 11.8 Å². The van der Waals surface area contributed by atoms with Gasteiger partial charge in [0, 0.05) is 64.6 Å². The van der Waals surface area contributed by atoms with Gasteiger partial charge in [-0.15, -0.1) is 0 Å². The molecular formula is C27H37N5O2. The van der Waals surface area contributed by atoms with Crippen molar-refractivity contribution in [2.75, 3.05) is 51.2 Å². The third-order valence-electron chi connectivity index (χ3n) is 6.95. The van der Waals surface area contributed by atoms with Crippen LogP contribution in [0.4, 0.5) is 5.69 Å². The Balaban J connectivity index is 1.58. The molecule has 1 unspecified atom stereocenters. The molecule has 182 valence electrons. The summed E-state index contributed by atoms with van der Waals surface area (Å²) in [6.07, 6.45) is 4.55. The van der Waals surface area contributed by atoms with Crippen LogP contribution in [0.25, 0.3) is 0 Å². The van der Waals surface area contributed by atoms with Gasteiger partial charge in [-0.1, -0.05) is 24.3 Å². The lowest BCUT2D eigenvalue weighted by Crippen LogP contribution is -2.40. The molecule has 2 aliphatic heterocycles. The summed E-state index contributed by atoms with van der Waals surface area (Å²) >= 11 is 0. The van der Waals surface area contributed by atoms with E-state index >= 15 is 0 Å². The van der Waals surface area contributed by atoms with E-state index < -0.39 is 0 Å². The van der Waals surface area contributed by atoms with Gasteiger partial charge in [0.1, 0.15) is 0 Å². The van der Waals surface area contributed by atoms with Gasteiger partial charge < -0.3 is 14.7 Å². The molecule has 0 bridgehead atoms. The highest BCUT2D eigenvalue weighted by atomic mass is 16.2. The van der Waals surface area contributed by atoms with Crippen molar-refractivity contribution < 1.29 is 9.59 Å². The summed E-state index contributed by atoms with van der Waals surface area (Å²) < 4.78 is 0. The van der Waals surface area contributed by atoms with Gasteiger partial charge in [0.05, 0.1) is 11.6 Å². The Labute approximate surface area is 203 Å². The van der Waals surface area contributed by atoms with E-state index in [1.807, 2.05) is 46.3 Å². The Hall–Kier alpha value is -2.77. The number of para-hydroxylation sites is 1. The topological polar surface area (TPSA) is 60.0 Å². The minimum absolute atomic E-state index is 0.0380. The van der Waals surface area contributed by atoms with Gasteiger partial charge in [-0.2, -0.15) is 0 Å². The number of carbonyl (C=O) groups excluding carboxylic acids is 2. The molecule has 2 aromatic rings. The van der Waals surface area contributed by atoms with E-state index in [4.69, 9.17) is 0 Å². The van der Waals surface area contributed by atoms with Crippen LogP contribution < -0.4 is 4.90 Å². The van der Waals surface area contributed by atoms with Crippen LogP contribution in [0.15, 0.2) is 48.7 Å². The molecule has 0 spiro atoms. The number of aromatic nitrogens is 1. The normalized spacial score (nSPS) is 20.9. The van der Waals surface area contributed by atoms with E-state index in [1.165, 1.54) is 0 Å². The van der Waals surface area contributed by atoms with E-state index in [0.717, 1.165) is 68.9 Å². The number of amides is 2. The minimum Gasteiger partial charge on any atom is -0.338 e. The molecule has 1 atom stereocenters. The van der Waals surface area contributed by atoms with E-state index in [0.29, 0.717) is 19.6 Å². The van der Waals surface area contributed by atoms with Gasteiger partial charge >= 0.3 is 0 Å². The van der Waals surface area contributed by atoms with Crippen LogP contribution in [0.1, 0.15) is 37.4 Å². The summed E-state index contributed by atoms with van der Waals surface area (Å²) in [6, 6.07) is 14.1. The zero-order valence-electron chi connectivity index (χ0n) is 20.5. The molecule has 0 radical (unpaired) electrons. The second-order valence-corrected chi connectivity index (χ2v) is 9.61. The predicted octanol–water partition coefficient (Wildman–Crippen LogP) is 3.01. The molecule has 1 aromatic carbocycles. The van der Waals surface area contributed by atoms with Crippen molar-refractivity contribution >= 4 is 17.5 Å². The molecule has 1 aromatic heterocycles. The summed E-state index contributed by atoms with van der Waals surface area (Å²) in [4.78, 5) is 39.2. The fourth-order valence-corrected chi connectivity index (χ4v) is 5.15. The summed E-state index contributed by atoms with van der Waals surface area (Å²) in [7, 11) is 2.08. The smallest absolute Gasteiger partial charge is 0.227 e. The maximum absolute atomic E-state index is 13.6. The second-order valence-electron chi connectivity index (χ2n) is 9.61. The molecule has 0 aliphatic carbocycles. The van der Waals surface area contributed by atoms with Crippen LogP contribution in [0.5, 0.6) is 0 Å². The van der Waals surface area contributed by atoms with Crippen molar-refractivity contribution in [1.29, 1.82) is 0 Å². The molecule has 2 aliphatic rings. The molecule has 0 N–H and O–H groups in total. The lowest BCUT2D eigenvalue weighted by atomic mass is 10.0. The first-order valence-corrected chi connectivity index (χ1v) is 12.5. The molecule has 34 heavy (non-hydrogen) atoms. The van der Waals surface area contributed by atoms with Crippen molar-refractivity contribution in [3.8, 4) is 0 Å². The third-order valence-corrected chi connectivity index (χ3v) is 6.95. The number of hydrogen-bond donors (Lipinski definition) is 0. The van der Waals surface area contributed by atoms with Crippen molar-refractivity contribution in [3.05, 3.63) is 59.9 Å². The quantitative estimate of drug-likeness (QED) is 0.700. The molecule has 0 saturated carbocycles. The Kier molecular flexibility index (Phi) is 8.29. The van der Waals surface area contributed by atoms with E-state index in [1.54, 1.807) is 6.92 Å². The minimum atomic E-state index is 0.0380. The average molecular weight is 464 g/mol. The molecule has 1 saturated heterocycles. The molecule has 2 amide bonds. The van der Waals surface area contributed by atoms with Crippen molar-refractivity contribution in [1.82, 2.24) is 19.7 Å². The number of anilines is 1. The highest BCUT2D eigenvalue weighted by Crippen LogP contribution is 2.26. The third kappa shape index (κ3) is 6.21. The van der Waals surface area contributed by atoms with Gasteiger partial charge in [0.15, 0.2) is 0 Å². The lowest BCUT2D eigenvalue weighted by Gasteiger charge is -2.32. The number of hydrogen-bond acceptors (Lipinski definition) is 5. The molecule has 1 fully saturated rings. The highest BCUT2D eigenvalue weighted by Gasteiger charge is 2.30. The van der Waals surface area contributed by atoms with Crippen molar-refractivity contribution in [2.45, 2.75) is 39.3 Å². The fourth-order valence-electron chi connectivity index (χ4n) is 5.15. The summed E-state index contributed by atoms with van der Waals surface area (Å²) in [6.45, 7) is 7.89. The monoisotopic (exact) mass is 463 g/mol. The standard InChI is InChI=1S/C27H37N5O2/c1-22(33)32-17-8-15-30(21-25-10-5-6-13-28-25)14-7-16-31(20-23-9-3-4-11-26(23)32)27(34)24-12-18-29(2)19-24/h3-6,9-11,13,24H,7-8,12,14-21H2,1-2H3. The Morgan fingerprint density at radius 3 is 2.44 bits per heavy atom. The van der Waals surface area contributed by atoms with Gasteiger partial charge in [-0.05, 0) is 56.6 Å². The number of rotatable bonds is 3. The van der Waals surface area contributed by atoms with Gasteiger partial charge in [0.25, 0.3) is 0 Å². The zero-order chi connectivity index (χ0) is 23.9. The van der Waals surface area contributed by atoms with Crippen LogP contribution in [0.2, 0.25) is 0 Å². The molecule has 7 heteroatoms. The molecule has 7 nitrogen and oxygen atoms in total. The second kappa shape index (κ2) is 11.6. The van der Waals surface area contributed by atoms with Crippen molar-refractivity contribution in [2.24, 2.45) is 5.92 Å². The van der Waals surface area contributed by atoms with E-state index in [9.17, 15) is 9.59 Å². The molecule has 3 heterocycles. The van der Waals surface area contributed by atoms with E-state index in [-0.39, 0.29) is 17.7 Å². The summed E-state index contributed by atoms with van der Waals surface area (Å²) in [5.41, 5.74) is 3.02. The first kappa shape index (κ1) is 24.4. The van der Waals surface area contributed by atoms with Crippen LogP contribution in [-0.4, -0.2) is 77.8 Å². The summed E-state index contributed by atoms with van der Waals surface area (Å²) in [5.74, 6) is 0.330. The number of likely N-dealkylation sites (tertiary alicyclic amines) is 1. The summed E-state index contributed by atoms with van der Waals surface area (Å²) in [5, 5.41) is 0. The van der Waals surface area contributed by atoms with Gasteiger partial charge in [-0.25, -0.2) is 0 Å². The first-order valence-electron chi connectivity index (χ1n) is 12.5. The Morgan fingerprint density at radius 1 is 0.971 bits per heavy atom. The number of benzene rings is 1. The number of fused-ring (bicyclic) bond motifs is 1. The fraction of sp³-hybridized carbons (Fsp3) is 0.519.